The molecule has 0 atom stereocenters. The van der Waals surface area contributed by atoms with E-state index in [4.69, 9.17) is 4.98 Å². The molecule has 3 heterocycles. The summed E-state index contributed by atoms with van der Waals surface area (Å²) in [4.78, 5) is 13.4. The molecule has 0 aliphatic heterocycles. The Bertz CT molecular complexity index is 6100. The van der Waals surface area contributed by atoms with E-state index in [1.165, 1.54) is 176 Å². The molecular formula is C104H85N3. The number of hydrogen-bond acceptors (Lipinski definition) is 3. The SMILES string of the molecule is CC(C)(C)c1ccc(-c2ccc3c(-c4ccc(C(C)(C)C)cc4)c4ccc(-c5cccnc5)cc4cc3c2)cc1.Cc1cccc(-c2ccc3c(-c4ccccn4)c4ccc(-c5cccc(C)c5)cc4cc3c2)c1.Cc1ccccc1-c1c2ccc(-c3ccccc3)cc2cc2cc(-c3cccnc3)ccc12. The predicted octanol–water partition coefficient (Wildman–Crippen LogP) is 28.7. The molecule has 0 amide bonds. The third kappa shape index (κ3) is 14.4. The van der Waals surface area contributed by atoms with Crippen LogP contribution in [0.4, 0.5) is 0 Å². The number of pyridine rings is 3. The normalized spacial score (nSPS) is 11.6. The number of nitrogens with zero attached hydrogens (tertiary/aromatic N) is 3. The van der Waals surface area contributed by atoms with Gasteiger partial charge >= 0.3 is 0 Å². The highest BCUT2D eigenvalue weighted by Gasteiger charge is 2.20. The van der Waals surface area contributed by atoms with E-state index in [9.17, 15) is 0 Å². The van der Waals surface area contributed by atoms with Gasteiger partial charge in [0.25, 0.3) is 0 Å². The van der Waals surface area contributed by atoms with Crippen molar-refractivity contribution in [2.24, 2.45) is 0 Å². The second-order valence-electron chi connectivity index (χ2n) is 30.6. The fourth-order valence-electron chi connectivity index (χ4n) is 15.4. The number of fused-ring (bicyclic) bond motifs is 6. The third-order valence-electron chi connectivity index (χ3n) is 21.1. The van der Waals surface area contributed by atoms with Crippen molar-refractivity contribution in [3.8, 4) is 100 Å². The van der Waals surface area contributed by atoms with Crippen LogP contribution in [0.25, 0.3) is 165 Å². The molecule has 0 aliphatic carbocycles. The quantitative estimate of drug-likeness (QED) is 0.135. The van der Waals surface area contributed by atoms with Crippen LogP contribution in [0.3, 0.4) is 0 Å². The van der Waals surface area contributed by atoms with Gasteiger partial charge in [0.2, 0.25) is 0 Å². The minimum atomic E-state index is 0.120. The van der Waals surface area contributed by atoms with Crippen molar-refractivity contribution < 1.29 is 0 Å². The Morgan fingerprint density at radius 3 is 0.953 bits per heavy atom. The average molecular weight is 1380 g/mol. The lowest BCUT2D eigenvalue weighted by atomic mass is 9.84. The molecule has 18 rings (SSSR count). The van der Waals surface area contributed by atoms with E-state index in [0.29, 0.717) is 0 Å². The Kier molecular flexibility index (Phi) is 18.7. The van der Waals surface area contributed by atoms with Gasteiger partial charge in [-0.2, -0.15) is 0 Å². The van der Waals surface area contributed by atoms with Crippen molar-refractivity contribution in [3.63, 3.8) is 0 Å². The fraction of sp³-hybridized carbons (Fsp3) is 0.106. The number of hydrogen-bond donors (Lipinski definition) is 0. The van der Waals surface area contributed by atoms with Gasteiger partial charge in [-0.1, -0.05) is 295 Å². The smallest absolute Gasteiger partial charge is 0.0714 e. The third-order valence-corrected chi connectivity index (χ3v) is 21.1. The Labute approximate surface area is 629 Å². The molecule has 3 nitrogen and oxygen atoms in total. The molecule has 0 fully saturated rings. The molecule has 0 bridgehead atoms. The molecule has 0 saturated carbocycles. The monoisotopic (exact) mass is 1380 g/mol. The van der Waals surface area contributed by atoms with E-state index in [2.05, 4.69) is 376 Å². The van der Waals surface area contributed by atoms with E-state index in [1.807, 2.05) is 49.2 Å². The maximum atomic E-state index is 4.73. The first-order valence-electron chi connectivity index (χ1n) is 37.2. The van der Waals surface area contributed by atoms with E-state index in [-0.39, 0.29) is 10.8 Å². The Balaban J connectivity index is 0.000000123. The van der Waals surface area contributed by atoms with Crippen LogP contribution in [0, 0.1) is 20.8 Å². The summed E-state index contributed by atoms with van der Waals surface area (Å²) in [5.74, 6) is 0. The highest BCUT2D eigenvalue weighted by molar-refractivity contribution is 6.17. The second kappa shape index (κ2) is 29.1. The van der Waals surface area contributed by atoms with E-state index < -0.39 is 0 Å². The van der Waals surface area contributed by atoms with Crippen LogP contribution in [0.5, 0.6) is 0 Å². The fourth-order valence-corrected chi connectivity index (χ4v) is 15.4. The molecule has 3 heteroatoms. The highest BCUT2D eigenvalue weighted by atomic mass is 14.7. The summed E-state index contributed by atoms with van der Waals surface area (Å²) in [6, 6.07) is 117. The maximum absolute atomic E-state index is 4.73. The molecule has 15 aromatic carbocycles. The summed E-state index contributed by atoms with van der Waals surface area (Å²) in [5.41, 5.74) is 28.7. The minimum absolute atomic E-state index is 0.120. The first-order valence-corrected chi connectivity index (χ1v) is 37.2. The van der Waals surface area contributed by atoms with Crippen LogP contribution in [0.2, 0.25) is 0 Å². The lowest BCUT2D eigenvalue weighted by molar-refractivity contribution is 0.590. The van der Waals surface area contributed by atoms with Gasteiger partial charge < -0.3 is 0 Å². The van der Waals surface area contributed by atoms with E-state index >= 15 is 0 Å². The molecule has 516 valence electrons. The van der Waals surface area contributed by atoms with Gasteiger partial charge in [0.05, 0.1) is 5.69 Å². The highest BCUT2D eigenvalue weighted by Crippen LogP contribution is 2.45. The number of aryl methyl sites for hydroxylation is 3. The van der Waals surface area contributed by atoms with Crippen LogP contribution in [0.1, 0.15) is 69.4 Å². The van der Waals surface area contributed by atoms with Crippen LogP contribution in [0.15, 0.2) is 353 Å². The van der Waals surface area contributed by atoms with Crippen LogP contribution in [-0.2, 0) is 10.8 Å². The van der Waals surface area contributed by atoms with Gasteiger partial charge in [-0.3, -0.25) is 15.0 Å². The number of benzene rings is 15. The lowest BCUT2D eigenvalue weighted by Crippen LogP contribution is -2.10. The summed E-state index contributed by atoms with van der Waals surface area (Å²) >= 11 is 0. The molecule has 0 spiro atoms. The zero-order valence-corrected chi connectivity index (χ0v) is 62.3. The van der Waals surface area contributed by atoms with Gasteiger partial charge in [0.1, 0.15) is 0 Å². The van der Waals surface area contributed by atoms with Crippen LogP contribution < -0.4 is 0 Å². The zero-order chi connectivity index (χ0) is 73.3. The molecule has 18 aromatic rings. The number of aromatic nitrogens is 3. The molecule has 0 unspecified atom stereocenters. The van der Waals surface area contributed by atoms with Gasteiger partial charge in [0, 0.05) is 47.7 Å². The van der Waals surface area contributed by atoms with Crippen molar-refractivity contribution in [3.05, 3.63) is 380 Å². The van der Waals surface area contributed by atoms with Crippen molar-refractivity contribution in [2.45, 2.75) is 73.1 Å². The van der Waals surface area contributed by atoms with Gasteiger partial charge in [0.15, 0.2) is 0 Å². The largest absolute Gasteiger partial charge is 0.264 e. The molecular weight excluding hydrogens is 1290 g/mol. The molecule has 0 aliphatic rings. The number of rotatable bonds is 9. The zero-order valence-electron chi connectivity index (χ0n) is 62.3. The molecule has 0 radical (unpaired) electrons. The second-order valence-corrected chi connectivity index (χ2v) is 30.6. The first kappa shape index (κ1) is 68.7. The first-order chi connectivity index (χ1) is 52.0. The summed E-state index contributed by atoms with van der Waals surface area (Å²) < 4.78 is 0. The van der Waals surface area contributed by atoms with Crippen molar-refractivity contribution in [1.82, 2.24) is 15.0 Å². The van der Waals surface area contributed by atoms with E-state index in [0.717, 1.165) is 16.8 Å². The van der Waals surface area contributed by atoms with Crippen LogP contribution in [-0.4, -0.2) is 15.0 Å². The van der Waals surface area contributed by atoms with Gasteiger partial charge in [-0.05, 0) is 270 Å². The Morgan fingerprint density at radius 1 is 0.224 bits per heavy atom. The van der Waals surface area contributed by atoms with Crippen molar-refractivity contribution in [1.29, 1.82) is 0 Å². The van der Waals surface area contributed by atoms with Gasteiger partial charge in [-0.15, -0.1) is 0 Å². The summed E-state index contributed by atoms with van der Waals surface area (Å²) in [6.45, 7) is 20.1. The standard InChI is InChI=1S/C39H37N.C33H25N.C32H23N/c1-38(2,3)33-15-9-26(10-16-33)28-13-19-35-31(22-28)24-32-23-29(30-8-7-21-40-25-30)14-20-36(32)37(35)27-11-17-34(18-12-27)39(4,5)6;1-22-7-5-9-24(17-22)26-12-14-30-28(19-26)21-29-20-27(25-10-6-8-23(2)18-25)13-15-31(29)33(30)32-11-3-4-16-34-32;1-22-8-5-6-12-29(22)32-30-15-13-24(23-9-3-2-4-10-23)18-27(30)20-28-19-25(14-16-31(28)32)26-11-7-17-33-21-26/h7-25H,1-6H3;3-21H,1-2H3;2-21H,1H3. The molecule has 107 heavy (non-hydrogen) atoms. The topological polar surface area (TPSA) is 38.7 Å². The lowest BCUT2D eigenvalue weighted by Gasteiger charge is -2.20. The van der Waals surface area contributed by atoms with Crippen molar-refractivity contribution in [2.75, 3.05) is 0 Å². The van der Waals surface area contributed by atoms with Crippen molar-refractivity contribution >= 4 is 64.6 Å². The Hall–Kier alpha value is -12.7. The minimum Gasteiger partial charge on any atom is -0.264 e. The van der Waals surface area contributed by atoms with Crippen LogP contribution >= 0.6 is 0 Å². The molecule has 0 N–H and O–H groups in total. The summed E-state index contributed by atoms with van der Waals surface area (Å²) in [7, 11) is 0. The van der Waals surface area contributed by atoms with E-state index in [1.54, 1.807) is 0 Å². The Morgan fingerprint density at radius 2 is 0.561 bits per heavy atom. The molecule has 3 aromatic heterocycles. The van der Waals surface area contributed by atoms with Gasteiger partial charge in [-0.25, -0.2) is 0 Å². The average Bonchev–Trinajstić information content (AvgIpc) is 0.754. The maximum Gasteiger partial charge on any atom is 0.0714 e. The molecule has 0 saturated heterocycles. The summed E-state index contributed by atoms with van der Waals surface area (Å²) in [5, 5.41) is 15.0. The predicted molar refractivity (Wildman–Crippen MR) is 458 cm³/mol. The summed E-state index contributed by atoms with van der Waals surface area (Å²) in [6.07, 6.45) is 9.39.